The molecule has 0 atom stereocenters. The first-order valence-corrected chi connectivity index (χ1v) is 10.00. The summed E-state index contributed by atoms with van der Waals surface area (Å²) >= 11 is 0. The number of fused-ring (bicyclic) bond motifs is 1. The first-order valence-electron chi connectivity index (χ1n) is 8.50. The van der Waals surface area contributed by atoms with Gasteiger partial charge in [-0.2, -0.15) is 0 Å². The molecule has 2 aromatic carbocycles. The van der Waals surface area contributed by atoms with Crippen molar-refractivity contribution in [2.75, 3.05) is 7.11 Å². The third-order valence-corrected chi connectivity index (χ3v) is 5.65. The van der Waals surface area contributed by atoms with Crippen LogP contribution >= 0.6 is 0 Å². The summed E-state index contributed by atoms with van der Waals surface area (Å²) in [5.41, 5.74) is 1.06. The molecule has 3 aromatic rings. The van der Waals surface area contributed by atoms with E-state index in [-0.39, 0.29) is 18.4 Å². The van der Waals surface area contributed by atoms with Crippen LogP contribution in [0.3, 0.4) is 0 Å². The SMILES string of the molecule is COc1ccc2c(c1)c(CCC(=O)O)cn2S(=O)(=O)C=Cc1ccc(F)c(F)c1. The van der Waals surface area contributed by atoms with Crippen molar-refractivity contribution in [3.63, 3.8) is 0 Å². The van der Waals surface area contributed by atoms with Crippen molar-refractivity contribution < 1.29 is 31.8 Å². The molecule has 0 saturated carbocycles. The quantitative estimate of drug-likeness (QED) is 0.627. The van der Waals surface area contributed by atoms with Gasteiger partial charge in [0, 0.05) is 18.0 Å². The highest BCUT2D eigenvalue weighted by Gasteiger charge is 2.18. The number of hydrogen-bond acceptors (Lipinski definition) is 4. The summed E-state index contributed by atoms with van der Waals surface area (Å²) in [7, 11) is -2.55. The van der Waals surface area contributed by atoms with Crippen LogP contribution in [-0.2, 0) is 21.2 Å². The number of ether oxygens (including phenoxy) is 1. The molecule has 3 rings (SSSR count). The van der Waals surface area contributed by atoms with Gasteiger partial charge < -0.3 is 9.84 Å². The van der Waals surface area contributed by atoms with Gasteiger partial charge in [-0.05, 0) is 54.0 Å². The fraction of sp³-hybridized carbons (Fsp3) is 0.150. The lowest BCUT2D eigenvalue weighted by molar-refractivity contribution is -0.136. The molecule has 1 aromatic heterocycles. The van der Waals surface area contributed by atoms with Gasteiger partial charge in [-0.3, -0.25) is 4.79 Å². The summed E-state index contributed by atoms with van der Waals surface area (Å²) in [5, 5.41) is 10.4. The predicted molar refractivity (Wildman–Crippen MR) is 104 cm³/mol. The fourth-order valence-electron chi connectivity index (χ4n) is 2.87. The first-order chi connectivity index (χ1) is 13.7. The van der Waals surface area contributed by atoms with E-state index in [1.165, 1.54) is 19.4 Å². The average molecular weight is 421 g/mol. The lowest BCUT2D eigenvalue weighted by Gasteiger charge is -2.04. The van der Waals surface area contributed by atoms with Gasteiger partial charge in [-0.15, -0.1) is 0 Å². The van der Waals surface area contributed by atoms with Gasteiger partial charge in [0.1, 0.15) is 5.75 Å². The van der Waals surface area contributed by atoms with Crippen LogP contribution in [-0.4, -0.2) is 30.6 Å². The zero-order valence-corrected chi connectivity index (χ0v) is 16.1. The number of carboxylic acids is 1. The second-order valence-electron chi connectivity index (χ2n) is 6.25. The molecular weight excluding hydrogens is 404 g/mol. The van der Waals surface area contributed by atoms with Crippen LogP contribution in [0, 0.1) is 11.6 Å². The van der Waals surface area contributed by atoms with E-state index in [1.54, 1.807) is 18.2 Å². The van der Waals surface area contributed by atoms with Crippen molar-refractivity contribution in [1.82, 2.24) is 3.97 Å². The number of carbonyl (C=O) groups is 1. The van der Waals surface area contributed by atoms with E-state index in [0.717, 1.165) is 27.6 Å². The van der Waals surface area contributed by atoms with Crippen LogP contribution in [0.25, 0.3) is 17.0 Å². The Morgan fingerprint density at radius 1 is 1.17 bits per heavy atom. The Labute approximate surface area is 165 Å². The molecule has 0 radical (unpaired) electrons. The van der Waals surface area contributed by atoms with Crippen molar-refractivity contribution >= 4 is 33.0 Å². The lowest BCUT2D eigenvalue weighted by Crippen LogP contribution is -2.07. The van der Waals surface area contributed by atoms with Crippen LogP contribution in [0.4, 0.5) is 8.78 Å². The van der Waals surface area contributed by atoms with Crippen molar-refractivity contribution in [2.24, 2.45) is 0 Å². The van der Waals surface area contributed by atoms with Gasteiger partial charge in [0.25, 0.3) is 10.0 Å². The molecule has 0 unspecified atom stereocenters. The molecular formula is C20H17F2NO5S. The van der Waals surface area contributed by atoms with Crippen LogP contribution in [0.2, 0.25) is 0 Å². The van der Waals surface area contributed by atoms with Gasteiger partial charge in [-0.25, -0.2) is 21.2 Å². The second-order valence-corrected chi connectivity index (χ2v) is 7.94. The summed E-state index contributed by atoms with van der Waals surface area (Å²) in [6.07, 6.45) is 2.48. The fourth-order valence-corrected chi connectivity index (χ4v) is 4.04. The highest BCUT2D eigenvalue weighted by Crippen LogP contribution is 2.28. The van der Waals surface area contributed by atoms with Gasteiger partial charge in [-0.1, -0.05) is 6.07 Å². The number of methoxy groups -OCH3 is 1. The molecule has 0 bridgehead atoms. The monoisotopic (exact) mass is 421 g/mol. The van der Waals surface area contributed by atoms with Crippen molar-refractivity contribution in [3.05, 3.63) is 70.8 Å². The molecule has 1 N–H and O–H groups in total. The van der Waals surface area contributed by atoms with E-state index < -0.39 is 27.6 Å². The number of nitrogens with zero attached hydrogens (tertiary/aromatic N) is 1. The van der Waals surface area contributed by atoms with Gasteiger partial charge in [0.15, 0.2) is 11.6 Å². The maximum Gasteiger partial charge on any atom is 0.303 e. The van der Waals surface area contributed by atoms with E-state index in [0.29, 0.717) is 22.2 Å². The summed E-state index contributed by atoms with van der Waals surface area (Å²) in [6, 6.07) is 7.83. The Hall–Kier alpha value is -3.20. The number of aliphatic carboxylic acids is 1. The first kappa shape index (κ1) is 20.5. The maximum atomic E-state index is 13.3. The van der Waals surface area contributed by atoms with Crippen molar-refractivity contribution in [3.8, 4) is 5.75 Å². The van der Waals surface area contributed by atoms with Crippen LogP contribution in [0.5, 0.6) is 5.75 Å². The summed E-state index contributed by atoms with van der Waals surface area (Å²) in [4.78, 5) is 10.9. The second kappa shape index (κ2) is 8.04. The molecule has 0 aliphatic rings. The standard InChI is InChI=1S/C20H17F2NO5S/c1-28-15-4-6-19-16(11-15)14(3-7-20(24)25)12-23(19)29(26,27)9-8-13-2-5-17(21)18(22)10-13/h2,4-6,8-12H,3,7H2,1H3,(H,24,25). The Bertz CT molecular complexity index is 1220. The lowest BCUT2D eigenvalue weighted by atomic mass is 10.1. The topological polar surface area (TPSA) is 85.6 Å². The maximum absolute atomic E-state index is 13.3. The van der Waals surface area contributed by atoms with Crippen LogP contribution in [0.15, 0.2) is 48.0 Å². The van der Waals surface area contributed by atoms with E-state index in [4.69, 9.17) is 9.84 Å². The summed E-state index contributed by atoms with van der Waals surface area (Å²) < 4.78 is 58.2. The highest BCUT2D eigenvalue weighted by atomic mass is 32.2. The number of aromatic nitrogens is 1. The van der Waals surface area contributed by atoms with E-state index in [1.807, 2.05) is 0 Å². The minimum atomic E-state index is -4.01. The minimum absolute atomic E-state index is 0.133. The van der Waals surface area contributed by atoms with Gasteiger partial charge in [0.2, 0.25) is 0 Å². The Balaban J connectivity index is 2.05. The molecule has 0 saturated heterocycles. The number of aryl methyl sites for hydroxylation is 1. The predicted octanol–water partition coefficient (Wildman–Crippen LogP) is 3.79. The molecule has 0 aliphatic heterocycles. The third-order valence-electron chi connectivity index (χ3n) is 4.32. The summed E-state index contributed by atoms with van der Waals surface area (Å²) in [6.45, 7) is 0. The Morgan fingerprint density at radius 3 is 2.59 bits per heavy atom. The molecule has 9 heteroatoms. The average Bonchev–Trinajstić information content (AvgIpc) is 3.06. The highest BCUT2D eigenvalue weighted by molar-refractivity contribution is 7.93. The zero-order valence-electron chi connectivity index (χ0n) is 15.3. The summed E-state index contributed by atoms with van der Waals surface area (Å²) in [5.74, 6) is -2.62. The van der Waals surface area contributed by atoms with Gasteiger partial charge >= 0.3 is 5.97 Å². The molecule has 1 heterocycles. The molecule has 0 spiro atoms. The zero-order chi connectivity index (χ0) is 21.2. The normalized spacial score (nSPS) is 12.0. The van der Waals surface area contributed by atoms with E-state index in [9.17, 15) is 22.0 Å². The Morgan fingerprint density at radius 2 is 1.93 bits per heavy atom. The molecule has 29 heavy (non-hydrogen) atoms. The van der Waals surface area contributed by atoms with Crippen LogP contribution < -0.4 is 4.74 Å². The van der Waals surface area contributed by atoms with Crippen LogP contribution in [0.1, 0.15) is 17.5 Å². The molecule has 0 amide bonds. The molecule has 0 fully saturated rings. The number of halogens is 2. The van der Waals surface area contributed by atoms with Crippen molar-refractivity contribution in [1.29, 1.82) is 0 Å². The Kier molecular flexibility index (Phi) is 5.69. The van der Waals surface area contributed by atoms with Crippen molar-refractivity contribution in [2.45, 2.75) is 12.8 Å². The number of benzene rings is 2. The van der Waals surface area contributed by atoms with Gasteiger partial charge in [0.05, 0.1) is 18.0 Å². The largest absolute Gasteiger partial charge is 0.497 e. The molecule has 6 nitrogen and oxygen atoms in total. The number of hydrogen-bond donors (Lipinski definition) is 1. The minimum Gasteiger partial charge on any atom is -0.497 e. The molecule has 152 valence electrons. The molecule has 0 aliphatic carbocycles. The van der Waals surface area contributed by atoms with E-state index >= 15 is 0 Å². The smallest absolute Gasteiger partial charge is 0.303 e. The third kappa shape index (κ3) is 4.45. The van der Waals surface area contributed by atoms with E-state index in [2.05, 4.69) is 0 Å². The number of carboxylic acid groups (broad SMARTS) is 1. The number of rotatable bonds is 7.